The molecule has 4 rings (SSSR count). The molecule has 2 heterocycles. The standard InChI is InChI=1S/C25H23ClN4O4/c1-16(18-7-11-21(12-8-18)27-17(2)31)29-34-15-25(32)30-23(24-4-3-13-33-24)14-22(28-30)19-5-9-20(26)10-6-19/h3-13,23H,14-15H2,1-2H3,(H,27,31)/b29-16+. The van der Waals surface area contributed by atoms with E-state index in [1.807, 2.05) is 30.3 Å². The van der Waals surface area contributed by atoms with Crippen LogP contribution in [0.4, 0.5) is 5.69 Å². The Balaban J connectivity index is 1.44. The Hall–Kier alpha value is -3.91. The van der Waals surface area contributed by atoms with Crippen LogP contribution in [0.15, 0.2) is 81.6 Å². The Bertz CT molecular complexity index is 1220. The molecule has 0 saturated carbocycles. The van der Waals surface area contributed by atoms with Crippen molar-refractivity contribution in [2.24, 2.45) is 10.3 Å². The number of carbonyl (C=O) groups excluding carboxylic acids is 2. The number of anilines is 1. The zero-order valence-corrected chi connectivity index (χ0v) is 19.5. The predicted octanol–water partition coefficient (Wildman–Crippen LogP) is 5.01. The SMILES string of the molecule is CC(=O)Nc1ccc(/C(C)=N/OCC(=O)N2N=C(c3ccc(Cl)cc3)CC2c2ccco2)cc1. The maximum Gasteiger partial charge on any atom is 0.284 e. The number of nitrogens with zero attached hydrogens (tertiary/aromatic N) is 3. The second-order valence-electron chi connectivity index (χ2n) is 7.74. The number of hydrogen-bond acceptors (Lipinski definition) is 6. The van der Waals surface area contributed by atoms with Crippen molar-refractivity contribution in [1.82, 2.24) is 5.01 Å². The highest BCUT2D eigenvalue weighted by Gasteiger charge is 2.35. The van der Waals surface area contributed by atoms with E-state index in [4.69, 9.17) is 20.9 Å². The van der Waals surface area contributed by atoms with Crippen LogP contribution in [0.1, 0.15) is 43.2 Å². The van der Waals surface area contributed by atoms with Crippen molar-refractivity contribution in [3.05, 3.63) is 88.8 Å². The lowest BCUT2D eigenvalue weighted by molar-refractivity contribution is -0.138. The summed E-state index contributed by atoms with van der Waals surface area (Å²) in [6.07, 6.45) is 2.07. The number of furan rings is 1. The zero-order chi connectivity index (χ0) is 24.1. The average molecular weight is 479 g/mol. The van der Waals surface area contributed by atoms with Gasteiger partial charge in [-0.3, -0.25) is 9.59 Å². The molecule has 3 aromatic rings. The number of oxime groups is 1. The smallest absolute Gasteiger partial charge is 0.284 e. The van der Waals surface area contributed by atoms with Crippen LogP contribution in [0.3, 0.4) is 0 Å². The molecule has 1 unspecified atom stereocenters. The molecule has 1 aromatic heterocycles. The van der Waals surface area contributed by atoms with Crippen molar-refractivity contribution in [2.75, 3.05) is 11.9 Å². The van der Waals surface area contributed by atoms with E-state index in [2.05, 4.69) is 15.6 Å². The summed E-state index contributed by atoms with van der Waals surface area (Å²) in [5.74, 6) is 0.152. The number of rotatable bonds is 7. The van der Waals surface area contributed by atoms with Crippen LogP contribution in [0.5, 0.6) is 0 Å². The molecule has 34 heavy (non-hydrogen) atoms. The zero-order valence-electron chi connectivity index (χ0n) is 18.7. The largest absolute Gasteiger partial charge is 0.467 e. The molecule has 0 saturated heterocycles. The van der Waals surface area contributed by atoms with Crippen molar-refractivity contribution in [3.8, 4) is 0 Å². The van der Waals surface area contributed by atoms with E-state index in [0.29, 0.717) is 28.6 Å². The molecule has 0 spiro atoms. The maximum absolute atomic E-state index is 13.0. The Labute approximate surface area is 201 Å². The first-order chi connectivity index (χ1) is 16.4. The molecule has 8 nitrogen and oxygen atoms in total. The van der Waals surface area contributed by atoms with E-state index in [1.165, 1.54) is 11.9 Å². The predicted molar refractivity (Wildman–Crippen MR) is 130 cm³/mol. The van der Waals surface area contributed by atoms with Gasteiger partial charge in [-0.2, -0.15) is 5.10 Å². The molecule has 2 amide bonds. The first-order valence-corrected chi connectivity index (χ1v) is 11.0. The van der Waals surface area contributed by atoms with Crippen molar-refractivity contribution in [1.29, 1.82) is 0 Å². The molecule has 1 aliphatic rings. The summed E-state index contributed by atoms with van der Waals surface area (Å²) in [5.41, 5.74) is 3.72. The molecule has 1 N–H and O–H groups in total. The van der Waals surface area contributed by atoms with Crippen molar-refractivity contribution >= 4 is 40.5 Å². The van der Waals surface area contributed by atoms with Crippen LogP contribution in [-0.2, 0) is 14.4 Å². The Kier molecular flexibility index (Phi) is 7.08. The Morgan fingerprint density at radius 2 is 1.88 bits per heavy atom. The summed E-state index contributed by atoms with van der Waals surface area (Å²) in [7, 11) is 0. The number of carbonyl (C=O) groups is 2. The maximum atomic E-state index is 13.0. The highest BCUT2D eigenvalue weighted by atomic mass is 35.5. The normalized spacial score (nSPS) is 15.7. The van der Waals surface area contributed by atoms with Gasteiger partial charge in [-0.15, -0.1) is 0 Å². The number of amides is 2. The van der Waals surface area contributed by atoms with Crippen LogP contribution in [-0.4, -0.2) is 34.9 Å². The molecule has 174 valence electrons. The number of benzene rings is 2. The van der Waals surface area contributed by atoms with E-state index in [0.717, 1.165) is 16.8 Å². The van der Waals surface area contributed by atoms with Gasteiger partial charge in [0.15, 0.2) is 6.61 Å². The minimum atomic E-state index is -0.372. The highest BCUT2D eigenvalue weighted by Crippen LogP contribution is 2.33. The lowest BCUT2D eigenvalue weighted by atomic mass is 10.0. The molecular weight excluding hydrogens is 456 g/mol. The fourth-order valence-corrected chi connectivity index (χ4v) is 3.69. The van der Waals surface area contributed by atoms with Crippen LogP contribution >= 0.6 is 11.6 Å². The number of hydrazone groups is 1. The first-order valence-electron chi connectivity index (χ1n) is 10.6. The minimum absolute atomic E-state index is 0.142. The van der Waals surface area contributed by atoms with Crippen molar-refractivity contribution < 1.29 is 18.8 Å². The number of hydrogen-bond donors (Lipinski definition) is 1. The number of nitrogens with one attached hydrogen (secondary N) is 1. The molecule has 1 atom stereocenters. The molecule has 0 fully saturated rings. The van der Waals surface area contributed by atoms with E-state index in [9.17, 15) is 9.59 Å². The van der Waals surface area contributed by atoms with Crippen LogP contribution in [0, 0.1) is 0 Å². The summed E-state index contributed by atoms with van der Waals surface area (Å²) >= 11 is 6.00. The Morgan fingerprint density at radius 3 is 2.53 bits per heavy atom. The fourth-order valence-electron chi connectivity index (χ4n) is 3.56. The monoisotopic (exact) mass is 478 g/mol. The van der Waals surface area contributed by atoms with Gasteiger partial charge in [-0.25, -0.2) is 5.01 Å². The molecule has 0 bridgehead atoms. The second-order valence-corrected chi connectivity index (χ2v) is 8.17. The molecule has 0 radical (unpaired) electrons. The van der Waals surface area contributed by atoms with Gasteiger partial charge in [0.25, 0.3) is 5.91 Å². The molecule has 0 aliphatic carbocycles. The van der Waals surface area contributed by atoms with Gasteiger partial charge in [0.2, 0.25) is 5.91 Å². The van der Waals surface area contributed by atoms with Gasteiger partial charge in [0, 0.05) is 24.1 Å². The lowest BCUT2D eigenvalue weighted by Gasteiger charge is -2.19. The third-order valence-electron chi connectivity index (χ3n) is 5.23. The van der Waals surface area contributed by atoms with Gasteiger partial charge >= 0.3 is 0 Å². The van der Waals surface area contributed by atoms with Crippen LogP contribution < -0.4 is 5.32 Å². The summed E-state index contributed by atoms with van der Waals surface area (Å²) in [6.45, 7) is 2.94. The van der Waals surface area contributed by atoms with E-state index >= 15 is 0 Å². The van der Waals surface area contributed by atoms with Gasteiger partial charge in [0.1, 0.15) is 11.8 Å². The minimum Gasteiger partial charge on any atom is -0.467 e. The molecule has 2 aromatic carbocycles. The first kappa shape index (κ1) is 23.3. The summed E-state index contributed by atoms with van der Waals surface area (Å²) < 4.78 is 5.55. The second kappa shape index (κ2) is 10.4. The Morgan fingerprint density at radius 1 is 1.15 bits per heavy atom. The van der Waals surface area contributed by atoms with Gasteiger partial charge in [-0.1, -0.05) is 41.0 Å². The lowest BCUT2D eigenvalue weighted by Crippen LogP contribution is -2.29. The highest BCUT2D eigenvalue weighted by molar-refractivity contribution is 6.30. The number of halogens is 1. The molecule has 9 heteroatoms. The van der Waals surface area contributed by atoms with Crippen LogP contribution in [0.2, 0.25) is 5.02 Å². The van der Waals surface area contributed by atoms with Gasteiger partial charge < -0.3 is 14.6 Å². The third-order valence-corrected chi connectivity index (χ3v) is 5.48. The third kappa shape index (κ3) is 5.52. The van der Waals surface area contributed by atoms with Crippen molar-refractivity contribution in [2.45, 2.75) is 26.3 Å². The summed E-state index contributed by atoms with van der Waals surface area (Å²) in [6, 6.07) is 17.7. The van der Waals surface area contributed by atoms with Gasteiger partial charge in [0.05, 0.1) is 17.7 Å². The molecular formula is C25H23ClN4O4. The molecule has 1 aliphatic heterocycles. The van der Waals surface area contributed by atoms with Crippen molar-refractivity contribution in [3.63, 3.8) is 0 Å². The van der Waals surface area contributed by atoms with Gasteiger partial charge in [-0.05, 0) is 54.4 Å². The van der Waals surface area contributed by atoms with E-state index < -0.39 is 0 Å². The fraction of sp³-hybridized carbons (Fsp3) is 0.200. The topological polar surface area (TPSA) is 96.5 Å². The van der Waals surface area contributed by atoms with E-state index in [1.54, 1.807) is 43.5 Å². The van der Waals surface area contributed by atoms with Crippen LogP contribution in [0.25, 0.3) is 0 Å². The average Bonchev–Trinajstić information content (AvgIpc) is 3.50. The summed E-state index contributed by atoms with van der Waals surface area (Å²) in [4.78, 5) is 29.5. The summed E-state index contributed by atoms with van der Waals surface area (Å²) in [5, 5.41) is 13.3. The quantitative estimate of drug-likeness (QED) is 0.381. The van der Waals surface area contributed by atoms with E-state index in [-0.39, 0.29) is 24.5 Å².